The Kier molecular flexibility index (Phi) is 6.50. The van der Waals surface area contributed by atoms with E-state index in [4.69, 9.17) is 14.0 Å². The molecule has 1 unspecified atom stereocenters. The average Bonchev–Trinajstić information content (AvgIpc) is 3.18. The molecule has 33 heavy (non-hydrogen) atoms. The van der Waals surface area contributed by atoms with Gasteiger partial charge in [0.15, 0.2) is 0 Å². The number of anilines is 1. The molecule has 2 aromatic carbocycles. The Hall–Kier alpha value is -3.99. The van der Waals surface area contributed by atoms with Crippen molar-refractivity contribution in [1.29, 1.82) is 0 Å². The van der Waals surface area contributed by atoms with Crippen molar-refractivity contribution < 1.29 is 32.7 Å². The molecule has 0 radical (unpaired) electrons. The van der Waals surface area contributed by atoms with Gasteiger partial charge < -0.3 is 19.7 Å². The quantitative estimate of drug-likeness (QED) is 0.514. The predicted octanol–water partition coefficient (Wildman–Crippen LogP) is 1.15. The van der Waals surface area contributed by atoms with E-state index in [2.05, 4.69) is 10.6 Å². The van der Waals surface area contributed by atoms with Crippen LogP contribution in [0.3, 0.4) is 0 Å². The third kappa shape index (κ3) is 5.09. The first-order valence-electron chi connectivity index (χ1n) is 10.2. The van der Waals surface area contributed by atoms with E-state index >= 15 is 0 Å². The number of methoxy groups -OCH3 is 1. The van der Waals surface area contributed by atoms with Crippen LogP contribution in [-0.2, 0) is 20.9 Å². The van der Waals surface area contributed by atoms with Crippen LogP contribution in [0.25, 0.3) is 5.69 Å². The number of aromatic amines is 1. The van der Waals surface area contributed by atoms with Gasteiger partial charge in [0, 0.05) is 24.4 Å². The van der Waals surface area contributed by atoms with E-state index in [0.29, 0.717) is 17.1 Å². The fraction of sp³-hybridized carbons (Fsp3) is 0.273. The lowest BCUT2D eigenvalue weighted by molar-refractivity contribution is -0.678. The Labute approximate surface area is 187 Å². The van der Waals surface area contributed by atoms with Crippen molar-refractivity contribution in [3.8, 4) is 11.4 Å². The fourth-order valence-corrected chi connectivity index (χ4v) is 3.46. The molecular formula is C22H22FN4O6+. The van der Waals surface area contributed by atoms with Gasteiger partial charge in [-0.25, -0.2) is 9.18 Å². The predicted molar refractivity (Wildman–Crippen MR) is 112 cm³/mol. The summed E-state index contributed by atoms with van der Waals surface area (Å²) in [5.74, 6) is -0.638. The van der Waals surface area contributed by atoms with Crippen LogP contribution in [0.2, 0.25) is 0 Å². The lowest BCUT2D eigenvalue weighted by atomic mass is 10.1. The summed E-state index contributed by atoms with van der Waals surface area (Å²) in [6, 6.07) is 12.2. The van der Waals surface area contributed by atoms with Gasteiger partial charge in [0.1, 0.15) is 24.2 Å². The number of halogens is 1. The summed E-state index contributed by atoms with van der Waals surface area (Å²) in [5, 5.41) is 5.14. The van der Waals surface area contributed by atoms with Gasteiger partial charge in [-0.15, -0.1) is 0 Å². The minimum atomic E-state index is -1.00. The van der Waals surface area contributed by atoms with Crippen molar-refractivity contribution in [3.05, 3.63) is 70.5 Å². The molecule has 1 aromatic heterocycles. The highest BCUT2D eigenvalue weighted by Gasteiger charge is 2.35. The van der Waals surface area contributed by atoms with E-state index in [1.165, 1.54) is 33.8 Å². The van der Waals surface area contributed by atoms with Crippen LogP contribution in [0.15, 0.2) is 57.8 Å². The second-order valence-electron chi connectivity index (χ2n) is 7.34. The van der Waals surface area contributed by atoms with Crippen LogP contribution in [0, 0.1) is 5.82 Å². The molecule has 2 heterocycles. The number of amides is 2. The Morgan fingerprint density at radius 2 is 1.94 bits per heavy atom. The van der Waals surface area contributed by atoms with E-state index in [1.54, 1.807) is 31.4 Å². The SMILES string of the molecule is COc1ccc(-[n+]2[nH]oc(=O)c2CN2CCOC(CC(=O)Nc3ccc(F)cc3)C2=O)cc1. The summed E-state index contributed by atoms with van der Waals surface area (Å²) in [7, 11) is 1.55. The highest BCUT2D eigenvalue weighted by atomic mass is 19.1. The first kappa shape index (κ1) is 22.2. The number of carbonyl (C=O) groups is 2. The van der Waals surface area contributed by atoms with Crippen LogP contribution in [0.5, 0.6) is 5.75 Å². The summed E-state index contributed by atoms with van der Waals surface area (Å²) < 4.78 is 30.0. The van der Waals surface area contributed by atoms with E-state index < -0.39 is 29.4 Å². The lowest BCUT2D eigenvalue weighted by Crippen LogP contribution is -2.51. The van der Waals surface area contributed by atoms with Crippen LogP contribution in [0.1, 0.15) is 12.1 Å². The van der Waals surface area contributed by atoms with Gasteiger partial charge in [-0.3, -0.25) is 14.1 Å². The zero-order chi connectivity index (χ0) is 23.4. The second-order valence-corrected chi connectivity index (χ2v) is 7.34. The van der Waals surface area contributed by atoms with Gasteiger partial charge in [-0.1, -0.05) is 0 Å². The van der Waals surface area contributed by atoms with Crippen LogP contribution >= 0.6 is 0 Å². The van der Waals surface area contributed by atoms with Crippen molar-refractivity contribution in [3.63, 3.8) is 0 Å². The molecule has 11 heteroatoms. The molecule has 1 aliphatic rings. The highest BCUT2D eigenvalue weighted by molar-refractivity contribution is 5.95. The molecule has 1 fully saturated rings. The molecule has 3 aromatic rings. The van der Waals surface area contributed by atoms with Gasteiger partial charge >= 0.3 is 11.3 Å². The summed E-state index contributed by atoms with van der Waals surface area (Å²) in [4.78, 5) is 39.0. The van der Waals surface area contributed by atoms with Crippen molar-refractivity contribution in [2.75, 3.05) is 25.6 Å². The van der Waals surface area contributed by atoms with E-state index in [-0.39, 0.29) is 31.8 Å². The highest BCUT2D eigenvalue weighted by Crippen LogP contribution is 2.16. The molecule has 0 spiro atoms. The van der Waals surface area contributed by atoms with Crippen molar-refractivity contribution in [2.24, 2.45) is 0 Å². The molecule has 1 aliphatic heterocycles. The normalized spacial score (nSPS) is 16.0. The minimum absolute atomic E-state index is 0.0316. The lowest BCUT2D eigenvalue weighted by Gasteiger charge is -2.30. The number of morpholine rings is 1. The number of nitrogens with one attached hydrogen (secondary N) is 2. The summed E-state index contributed by atoms with van der Waals surface area (Å²) in [6.45, 7) is 0.427. The molecular weight excluding hydrogens is 435 g/mol. The van der Waals surface area contributed by atoms with Crippen molar-refractivity contribution in [2.45, 2.75) is 19.1 Å². The molecule has 2 amide bonds. The van der Waals surface area contributed by atoms with Crippen LogP contribution in [0.4, 0.5) is 10.1 Å². The van der Waals surface area contributed by atoms with Crippen LogP contribution in [-0.4, -0.2) is 48.4 Å². The third-order valence-electron chi connectivity index (χ3n) is 5.17. The molecule has 0 bridgehead atoms. The molecule has 0 aliphatic carbocycles. The number of benzene rings is 2. The van der Waals surface area contributed by atoms with E-state index in [0.717, 1.165) is 0 Å². The van der Waals surface area contributed by atoms with Crippen molar-refractivity contribution >= 4 is 17.5 Å². The Bertz CT molecular complexity index is 1190. The minimum Gasteiger partial charge on any atom is -0.497 e. The van der Waals surface area contributed by atoms with Gasteiger partial charge in [0.05, 0.1) is 20.1 Å². The fourth-order valence-electron chi connectivity index (χ4n) is 3.46. The summed E-state index contributed by atoms with van der Waals surface area (Å²) >= 11 is 0. The maximum absolute atomic E-state index is 13.0. The molecule has 10 nitrogen and oxygen atoms in total. The smallest absolute Gasteiger partial charge is 0.432 e. The van der Waals surface area contributed by atoms with Gasteiger partial charge in [-0.05, 0) is 46.4 Å². The summed E-state index contributed by atoms with van der Waals surface area (Å²) in [6.07, 6.45) is -1.22. The Balaban J connectivity index is 1.44. The number of nitrogens with zero attached hydrogens (tertiary/aromatic N) is 2. The first-order chi connectivity index (χ1) is 15.9. The maximum atomic E-state index is 13.0. The Morgan fingerprint density at radius 1 is 1.21 bits per heavy atom. The molecule has 1 atom stereocenters. The number of hydrogen-bond acceptors (Lipinski definition) is 6. The van der Waals surface area contributed by atoms with Crippen molar-refractivity contribution in [1.82, 2.24) is 10.2 Å². The Morgan fingerprint density at radius 3 is 2.64 bits per heavy atom. The van der Waals surface area contributed by atoms with Crippen LogP contribution < -0.4 is 20.4 Å². The zero-order valence-corrected chi connectivity index (χ0v) is 17.7. The topological polar surface area (TPSA) is 118 Å². The summed E-state index contributed by atoms with van der Waals surface area (Å²) in [5.41, 5.74) is 0.625. The van der Waals surface area contributed by atoms with E-state index in [1.807, 2.05) is 0 Å². The molecule has 2 N–H and O–H groups in total. The average molecular weight is 457 g/mol. The standard InChI is InChI=1S/C22H21FN4O6/c1-31-17-8-6-16(7-9-17)27-18(22(30)33-25-27)13-26-10-11-32-19(21(26)29)12-20(28)24-15-4-2-14(23)3-5-15/h2-9,19H,10-13H2,1H3,(H-,24,25,28,30)/p+1. The number of hydrogen-bond donors (Lipinski definition) is 2. The molecule has 0 saturated carbocycles. The van der Waals surface area contributed by atoms with Gasteiger partial charge in [-0.2, -0.15) is 0 Å². The van der Waals surface area contributed by atoms with Gasteiger partial charge in [0.2, 0.25) is 11.6 Å². The molecule has 1 saturated heterocycles. The first-order valence-corrected chi connectivity index (χ1v) is 10.2. The molecule has 4 rings (SSSR count). The number of ether oxygens (including phenoxy) is 2. The number of H-pyrrole nitrogens is 1. The van der Waals surface area contributed by atoms with E-state index in [9.17, 15) is 18.8 Å². The molecule has 172 valence electrons. The number of aromatic nitrogens is 2. The number of rotatable bonds is 7. The largest absolute Gasteiger partial charge is 0.497 e. The second kappa shape index (κ2) is 9.65. The zero-order valence-electron chi connectivity index (χ0n) is 17.7. The maximum Gasteiger partial charge on any atom is 0.432 e. The third-order valence-corrected chi connectivity index (χ3v) is 5.17. The monoisotopic (exact) mass is 457 g/mol. The van der Waals surface area contributed by atoms with Gasteiger partial charge in [0.25, 0.3) is 5.91 Å². The number of carbonyl (C=O) groups excluding carboxylic acids is 2.